The third-order valence-corrected chi connectivity index (χ3v) is 5.81. The zero-order valence-electron chi connectivity index (χ0n) is 19.0. The minimum atomic E-state index is -0.776. The molecule has 168 valence electrons. The first-order valence-electron chi connectivity index (χ1n) is 11.0. The molecule has 0 spiro atoms. The summed E-state index contributed by atoms with van der Waals surface area (Å²) in [7, 11) is 0. The van der Waals surface area contributed by atoms with Crippen molar-refractivity contribution in [3.05, 3.63) is 82.9 Å². The van der Waals surface area contributed by atoms with Crippen LogP contribution in [0.1, 0.15) is 42.3 Å². The van der Waals surface area contributed by atoms with E-state index in [-0.39, 0.29) is 5.57 Å². The first-order valence-corrected chi connectivity index (χ1v) is 11.0. The number of nitrogens with one attached hydrogen (secondary N) is 1. The molecule has 3 aromatic rings. The van der Waals surface area contributed by atoms with Crippen molar-refractivity contribution >= 4 is 29.6 Å². The van der Waals surface area contributed by atoms with Crippen LogP contribution in [-0.2, 0) is 16.0 Å². The van der Waals surface area contributed by atoms with Crippen LogP contribution < -0.4 is 10.2 Å². The molecule has 1 aliphatic heterocycles. The zero-order chi connectivity index (χ0) is 23.5. The van der Waals surface area contributed by atoms with E-state index in [4.69, 9.17) is 0 Å². The average molecular weight is 443 g/mol. The second kappa shape index (κ2) is 9.24. The fourth-order valence-corrected chi connectivity index (χ4v) is 4.06. The van der Waals surface area contributed by atoms with Crippen molar-refractivity contribution in [1.82, 2.24) is 14.9 Å². The van der Waals surface area contributed by atoms with Gasteiger partial charge in [0.15, 0.2) is 0 Å². The van der Waals surface area contributed by atoms with E-state index < -0.39 is 17.8 Å². The van der Waals surface area contributed by atoms with Crippen molar-refractivity contribution in [3.8, 4) is 5.69 Å². The molecule has 1 fully saturated rings. The van der Waals surface area contributed by atoms with Crippen molar-refractivity contribution in [2.24, 2.45) is 0 Å². The van der Waals surface area contributed by atoms with Crippen molar-refractivity contribution in [2.45, 2.75) is 40.0 Å². The van der Waals surface area contributed by atoms with Crippen molar-refractivity contribution in [1.29, 1.82) is 0 Å². The number of anilines is 1. The highest BCUT2D eigenvalue weighted by molar-refractivity contribution is 6.39. The van der Waals surface area contributed by atoms with Gasteiger partial charge in [-0.05, 0) is 74.2 Å². The predicted octanol–water partition coefficient (Wildman–Crippen LogP) is 4.50. The van der Waals surface area contributed by atoms with Gasteiger partial charge in [0.05, 0.1) is 5.69 Å². The highest BCUT2D eigenvalue weighted by Crippen LogP contribution is 2.26. The molecule has 7 nitrogen and oxygen atoms in total. The van der Waals surface area contributed by atoms with Gasteiger partial charge in [-0.2, -0.15) is 0 Å². The van der Waals surface area contributed by atoms with E-state index >= 15 is 0 Å². The fourth-order valence-electron chi connectivity index (χ4n) is 4.06. The summed E-state index contributed by atoms with van der Waals surface area (Å²) in [6, 6.07) is 12.7. The Morgan fingerprint density at radius 1 is 0.970 bits per heavy atom. The van der Waals surface area contributed by atoms with Crippen LogP contribution in [0.25, 0.3) is 11.8 Å². The van der Waals surface area contributed by atoms with Gasteiger partial charge in [0.2, 0.25) is 0 Å². The molecule has 1 saturated heterocycles. The molecule has 0 radical (unpaired) electrons. The Balaban J connectivity index is 1.68. The molecule has 1 aliphatic rings. The number of imide groups is 2. The standard InChI is InChI=1S/C26H26N4O3/c1-4-5-6-19-7-9-21(10-8-19)29-17(2)15-20(18(29)3)16-23-24(31)28-26(33)30(25(23)32)22-11-13-27-14-12-22/h7-16H,4-6H2,1-3H3,(H,28,31,33)/b23-16+. The summed E-state index contributed by atoms with van der Waals surface area (Å²) >= 11 is 0. The molecule has 0 saturated carbocycles. The largest absolute Gasteiger partial charge is 0.335 e. The number of rotatable bonds is 6. The van der Waals surface area contributed by atoms with Gasteiger partial charge in [-0.25, -0.2) is 9.69 Å². The molecular formula is C26H26N4O3. The molecule has 0 atom stereocenters. The first-order chi connectivity index (χ1) is 15.9. The number of carbonyl (C=O) groups is 3. The number of amides is 4. The topological polar surface area (TPSA) is 84.3 Å². The Labute approximate surface area is 192 Å². The number of aromatic nitrogens is 2. The number of urea groups is 1. The lowest BCUT2D eigenvalue weighted by Crippen LogP contribution is -2.54. The van der Waals surface area contributed by atoms with Gasteiger partial charge in [-0.15, -0.1) is 0 Å². The second-order valence-corrected chi connectivity index (χ2v) is 8.10. The Morgan fingerprint density at radius 2 is 1.67 bits per heavy atom. The van der Waals surface area contributed by atoms with Crippen molar-refractivity contribution in [2.75, 3.05) is 4.90 Å². The molecule has 4 amide bonds. The van der Waals surface area contributed by atoms with E-state index in [0.717, 1.165) is 46.8 Å². The summed E-state index contributed by atoms with van der Waals surface area (Å²) < 4.78 is 2.09. The number of unbranched alkanes of at least 4 members (excludes halogenated alkanes) is 1. The van der Waals surface area contributed by atoms with E-state index in [1.807, 2.05) is 19.9 Å². The molecule has 1 N–H and O–H groups in total. The number of pyridine rings is 1. The maximum absolute atomic E-state index is 13.1. The highest BCUT2D eigenvalue weighted by atomic mass is 16.2. The molecule has 0 aliphatic carbocycles. The normalized spacial score (nSPS) is 15.3. The van der Waals surface area contributed by atoms with Gasteiger partial charge in [-0.3, -0.25) is 19.9 Å². The number of carbonyl (C=O) groups excluding carboxylic acids is 3. The molecule has 4 rings (SSSR count). The number of nitrogens with zero attached hydrogens (tertiary/aromatic N) is 3. The smallest absolute Gasteiger partial charge is 0.318 e. The van der Waals surface area contributed by atoms with Gasteiger partial charge in [0.1, 0.15) is 5.57 Å². The lowest BCUT2D eigenvalue weighted by molar-refractivity contribution is -0.122. The lowest BCUT2D eigenvalue weighted by atomic mass is 10.1. The Bertz CT molecular complexity index is 1240. The van der Waals surface area contributed by atoms with E-state index in [0.29, 0.717) is 5.69 Å². The zero-order valence-corrected chi connectivity index (χ0v) is 19.0. The molecule has 1 aromatic carbocycles. The number of hydrogen-bond acceptors (Lipinski definition) is 4. The molecule has 7 heteroatoms. The quantitative estimate of drug-likeness (QED) is 0.450. The maximum Gasteiger partial charge on any atom is 0.335 e. The van der Waals surface area contributed by atoms with Crippen LogP contribution in [0.5, 0.6) is 0 Å². The predicted molar refractivity (Wildman–Crippen MR) is 127 cm³/mol. The van der Waals surface area contributed by atoms with Crippen LogP contribution in [0, 0.1) is 13.8 Å². The minimum Gasteiger partial charge on any atom is -0.318 e. The average Bonchev–Trinajstić information content (AvgIpc) is 3.09. The van der Waals surface area contributed by atoms with Crippen LogP contribution in [-0.4, -0.2) is 27.4 Å². The molecule has 0 bridgehead atoms. The highest BCUT2D eigenvalue weighted by Gasteiger charge is 2.37. The summed E-state index contributed by atoms with van der Waals surface area (Å²) in [5, 5.41) is 2.26. The fraction of sp³-hybridized carbons (Fsp3) is 0.231. The van der Waals surface area contributed by atoms with E-state index in [2.05, 4.69) is 46.1 Å². The maximum atomic E-state index is 13.1. The van der Waals surface area contributed by atoms with E-state index in [9.17, 15) is 14.4 Å². The van der Waals surface area contributed by atoms with E-state index in [1.165, 1.54) is 18.0 Å². The van der Waals surface area contributed by atoms with Crippen LogP contribution in [0.3, 0.4) is 0 Å². The van der Waals surface area contributed by atoms with Crippen LogP contribution >= 0.6 is 0 Å². The molecule has 0 unspecified atom stereocenters. The van der Waals surface area contributed by atoms with Gasteiger partial charge < -0.3 is 4.57 Å². The van der Waals surface area contributed by atoms with Gasteiger partial charge in [0.25, 0.3) is 11.8 Å². The SMILES string of the molecule is CCCCc1ccc(-n2c(C)cc(/C=C3\C(=O)NC(=O)N(c4ccncc4)C3=O)c2C)cc1. The van der Waals surface area contributed by atoms with Crippen molar-refractivity contribution in [3.63, 3.8) is 0 Å². The lowest BCUT2D eigenvalue weighted by Gasteiger charge is -2.26. The molecular weight excluding hydrogens is 416 g/mol. The Kier molecular flexibility index (Phi) is 6.22. The van der Waals surface area contributed by atoms with Crippen LogP contribution in [0.15, 0.2) is 60.4 Å². The molecule has 3 heterocycles. The van der Waals surface area contributed by atoms with Gasteiger partial charge in [0, 0.05) is 29.5 Å². The summed E-state index contributed by atoms with van der Waals surface area (Å²) in [5.74, 6) is -1.37. The Morgan fingerprint density at radius 3 is 2.33 bits per heavy atom. The van der Waals surface area contributed by atoms with Crippen molar-refractivity contribution < 1.29 is 14.4 Å². The summed E-state index contributed by atoms with van der Waals surface area (Å²) in [5.41, 5.74) is 5.19. The van der Waals surface area contributed by atoms with Crippen LogP contribution in [0.2, 0.25) is 0 Å². The number of barbiturate groups is 1. The summed E-state index contributed by atoms with van der Waals surface area (Å²) in [6.45, 7) is 6.11. The molecule has 2 aromatic heterocycles. The third kappa shape index (κ3) is 4.35. The van der Waals surface area contributed by atoms with E-state index in [1.54, 1.807) is 18.2 Å². The van der Waals surface area contributed by atoms with Gasteiger partial charge in [-0.1, -0.05) is 25.5 Å². The van der Waals surface area contributed by atoms with Gasteiger partial charge >= 0.3 is 6.03 Å². The third-order valence-electron chi connectivity index (χ3n) is 5.81. The number of benzene rings is 1. The summed E-state index contributed by atoms with van der Waals surface area (Å²) in [4.78, 5) is 42.8. The molecule has 33 heavy (non-hydrogen) atoms. The minimum absolute atomic E-state index is 0.0958. The van der Waals surface area contributed by atoms with Crippen LogP contribution in [0.4, 0.5) is 10.5 Å². The first kappa shape index (κ1) is 22.2. The number of aryl methyl sites for hydroxylation is 2. The Hall–Kier alpha value is -4.00. The monoisotopic (exact) mass is 442 g/mol. The second-order valence-electron chi connectivity index (χ2n) is 8.10. The number of hydrogen-bond donors (Lipinski definition) is 1. The summed E-state index contributed by atoms with van der Waals surface area (Å²) in [6.07, 6.45) is 7.89.